The lowest BCUT2D eigenvalue weighted by molar-refractivity contribution is 0.246. The SMILES string of the molecule is COc1ccc2c(c1)OCCC2NC(C)C. The van der Waals surface area contributed by atoms with Gasteiger partial charge >= 0.3 is 0 Å². The third kappa shape index (κ3) is 2.30. The first-order valence-corrected chi connectivity index (χ1v) is 5.77. The van der Waals surface area contributed by atoms with Gasteiger partial charge in [-0.05, 0) is 6.07 Å². The molecule has 3 nitrogen and oxygen atoms in total. The van der Waals surface area contributed by atoms with Crippen molar-refractivity contribution in [1.82, 2.24) is 5.32 Å². The van der Waals surface area contributed by atoms with Crippen molar-refractivity contribution in [2.45, 2.75) is 32.4 Å². The second-order valence-corrected chi connectivity index (χ2v) is 4.41. The summed E-state index contributed by atoms with van der Waals surface area (Å²) in [5.41, 5.74) is 1.24. The second kappa shape index (κ2) is 4.74. The maximum absolute atomic E-state index is 5.66. The van der Waals surface area contributed by atoms with Crippen LogP contribution in [0.4, 0.5) is 0 Å². The first kappa shape index (κ1) is 11.3. The van der Waals surface area contributed by atoms with Crippen molar-refractivity contribution < 1.29 is 9.47 Å². The predicted octanol–water partition coefficient (Wildman–Crippen LogP) is 2.52. The highest BCUT2D eigenvalue weighted by atomic mass is 16.5. The van der Waals surface area contributed by atoms with Gasteiger partial charge in [-0.25, -0.2) is 0 Å². The van der Waals surface area contributed by atoms with Gasteiger partial charge in [0.1, 0.15) is 11.5 Å². The molecular weight excluding hydrogens is 202 g/mol. The van der Waals surface area contributed by atoms with E-state index in [0.717, 1.165) is 24.5 Å². The predicted molar refractivity (Wildman–Crippen MR) is 64.1 cm³/mol. The molecule has 0 spiro atoms. The van der Waals surface area contributed by atoms with Gasteiger partial charge in [0, 0.05) is 30.1 Å². The van der Waals surface area contributed by atoms with Crippen LogP contribution in [0.2, 0.25) is 0 Å². The fraction of sp³-hybridized carbons (Fsp3) is 0.538. The zero-order chi connectivity index (χ0) is 11.5. The van der Waals surface area contributed by atoms with Crippen LogP contribution < -0.4 is 14.8 Å². The summed E-state index contributed by atoms with van der Waals surface area (Å²) in [4.78, 5) is 0. The Morgan fingerprint density at radius 2 is 2.25 bits per heavy atom. The Hall–Kier alpha value is -1.22. The van der Waals surface area contributed by atoms with Crippen LogP contribution in [-0.4, -0.2) is 19.8 Å². The molecule has 0 saturated carbocycles. The Kier molecular flexibility index (Phi) is 3.34. The summed E-state index contributed by atoms with van der Waals surface area (Å²) in [6.45, 7) is 5.10. The highest BCUT2D eigenvalue weighted by Gasteiger charge is 2.22. The molecule has 0 amide bonds. The van der Waals surface area contributed by atoms with Crippen LogP contribution in [0.15, 0.2) is 18.2 Å². The average molecular weight is 221 g/mol. The van der Waals surface area contributed by atoms with Gasteiger partial charge in [-0.1, -0.05) is 19.9 Å². The Bertz CT molecular complexity index is 363. The maximum atomic E-state index is 5.66. The van der Waals surface area contributed by atoms with Crippen molar-refractivity contribution in [2.75, 3.05) is 13.7 Å². The molecule has 88 valence electrons. The molecule has 0 aliphatic carbocycles. The van der Waals surface area contributed by atoms with Crippen LogP contribution >= 0.6 is 0 Å². The normalized spacial score (nSPS) is 19.1. The molecule has 3 heteroatoms. The molecule has 1 atom stereocenters. The number of fused-ring (bicyclic) bond motifs is 1. The van der Waals surface area contributed by atoms with Crippen LogP contribution in [0.5, 0.6) is 11.5 Å². The van der Waals surface area contributed by atoms with E-state index in [-0.39, 0.29) is 0 Å². The molecule has 0 bridgehead atoms. The zero-order valence-corrected chi connectivity index (χ0v) is 10.1. The first-order chi connectivity index (χ1) is 7.70. The number of hydrogen-bond donors (Lipinski definition) is 1. The van der Waals surface area contributed by atoms with Gasteiger partial charge in [-0.2, -0.15) is 0 Å². The quantitative estimate of drug-likeness (QED) is 0.850. The molecular formula is C13H19NO2. The largest absolute Gasteiger partial charge is 0.497 e. The molecule has 16 heavy (non-hydrogen) atoms. The standard InChI is InChI=1S/C13H19NO2/c1-9(2)14-12-6-7-16-13-8-10(15-3)4-5-11(12)13/h4-5,8-9,12,14H,6-7H2,1-3H3. The summed E-state index contributed by atoms with van der Waals surface area (Å²) < 4.78 is 10.9. The molecule has 0 saturated heterocycles. The van der Waals surface area contributed by atoms with Crippen LogP contribution in [0.3, 0.4) is 0 Å². The number of hydrogen-bond acceptors (Lipinski definition) is 3. The molecule has 1 unspecified atom stereocenters. The number of methoxy groups -OCH3 is 1. The van der Waals surface area contributed by atoms with E-state index in [2.05, 4.69) is 25.2 Å². The van der Waals surface area contributed by atoms with Crippen molar-refractivity contribution in [3.63, 3.8) is 0 Å². The average Bonchev–Trinajstić information content (AvgIpc) is 2.28. The van der Waals surface area contributed by atoms with E-state index in [1.807, 2.05) is 12.1 Å². The minimum Gasteiger partial charge on any atom is -0.497 e. The van der Waals surface area contributed by atoms with Crippen LogP contribution in [-0.2, 0) is 0 Å². The van der Waals surface area contributed by atoms with E-state index in [4.69, 9.17) is 9.47 Å². The molecule has 2 rings (SSSR count). The van der Waals surface area contributed by atoms with Crippen molar-refractivity contribution in [3.8, 4) is 11.5 Å². The van der Waals surface area contributed by atoms with Crippen LogP contribution in [0, 0.1) is 0 Å². The lowest BCUT2D eigenvalue weighted by Crippen LogP contribution is -2.31. The summed E-state index contributed by atoms with van der Waals surface area (Å²) in [5, 5.41) is 3.55. The van der Waals surface area contributed by atoms with E-state index in [1.54, 1.807) is 7.11 Å². The van der Waals surface area contributed by atoms with Crippen LogP contribution in [0.25, 0.3) is 0 Å². The molecule has 0 aromatic heterocycles. The van der Waals surface area contributed by atoms with Crippen LogP contribution in [0.1, 0.15) is 31.9 Å². The minimum atomic E-state index is 0.398. The third-order valence-electron chi connectivity index (χ3n) is 2.79. The van der Waals surface area contributed by atoms with E-state index < -0.39 is 0 Å². The van der Waals surface area contributed by atoms with Crippen molar-refractivity contribution in [3.05, 3.63) is 23.8 Å². The molecule has 1 aromatic carbocycles. The fourth-order valence-electron chi connectivity index (χ4n) is 2.07. The Morgan fingerprint density at radius 3 is 2.94 bits per heavy atom. The molecule has 0 radical (unpaired) electrons. The fourth-order valence-corrected chi connectivity index (χ4v) is 2.07. The topological polar surface area (TPSA) is 30.5 Å². The summed E-state index contributed by atoms with van der Waals surface area (Å²) in [5.74, 6) is 1.80. The molecule has 0 fully saturated rings. The van der Waals surface area contributed by atoms with Crippen molar-refractivity contribution in [1.29, 1.82) is 0 Å². The molecule has 1 N–H and O–H groups in total. The molecule has 1 heterocycles. The summed E-state index contributed by atoms with van der Waals surface area (Å²) >= 11 is 0. The van der Waals surface area contributed by atoms with E-state index in [9.17, 15) is 0 Å². The van der Waals surface area contributed by atoms with E-state index in [1.165, 1.54) is 5.56 Å². The van der Waals surface area contributed by atoms with Crippen molar-refractivity contribution >= 4 is 0 Å². The van der Waals surface area contributed by atoms with Gasteiger partial charge in [0.25, 0.3) is 0 Å². The molecule has 1 aliphatic heterocycles. The molecule has 1 aliphatic rings. The number of nitrogens with one attached hydrogen (secondary N) is 1. The number of benzene rings is 1. The van der Waals surface area contributed by atoms with Crippen molar-refractivity contribution in [2.24, 2.45) is 0 Å². The number of ether oxygens (including phenoxy) is 2. The smallest absolute Gasteiger partial charge is 0.127 e. The van der Waals surface area contributed by atoms with Gasteiger partial charge in [0.15, 0.2) is 0 Å². The van der Waals surface area contributed by atoms with Gasteiger partial charge < -0.3 is 14.8 Å². The van der Waals surface area contributed by atoms with Gasteiger partial charge in [0.05, 0.1) is 13.7 Å². The summed E-state index contributed by atoms with van der Waals surface area (Å²) in [7, 11) is 1.68. The first-order valence-electron chi connectivity index (χ1n) is 5.77. The zero-order valence-electron chi connectivity index (χ0n) is 10.1. The lowest BCUT2D eigenvalue weighted by atomic mass is 9.99. The second-order valence-electron chi connectivity index (χ2n) is 4.41. The minimum absolute atomic E-state index is 0.398. The third-order valence-corrected chi connectivity index (χ3v) is 2.79. The monoisotopic (exact) mass is 221 g/mol. The maximum Gasteiger partial charge on any atom is 0.127 e. The highest BCUT2D eigenvalue weighted by Crippen LogP contribution is 2.34. The Morgan fingerprint density at radius 1 is 1.44 bits per heavy atom. The molecule has 1 aromatic rings. The lowest BCUT2D eigenvalue weighted by Gasteiger charge is -2.28. The van der Waals surface area contributed by atoms with Gasteiger partial charge in [-0.15, -0.1) is 0 Å². The van der Waals surface area contributed by atoms with Gasteiger partial charge in [-0.3, -0.25) is 0 Å². The summed E-state index contributed by atoms with van der Waals surface area (Å²) in [6, 6.07) is 6.92. The van der Waals surface area contributed by atoms with Gasteiger partial charge in [0.2, 0.25) is 0 Å². The summed E-state index contributed by atoms with van der Waals surface area (Å²) in [6.07, 6.45) is 1.03. The highest BCUT2D eigenvalue weighted by molar-refractivity contribution is 5.43. The Labute approximate surface area is 96.8 Å². The Balaban J connectivity index is 2.25. The van der Waals surface area contributed by atoms with E-state index >= 15 is 0 Å². The number of rotatable bonds is 3. The van der Waals surface area contributed by atoms with E-state index in [0.29, 0.717) is 12.1 Å².